The highest BCUT2D eigenvalue weighted by Gasteiger charge is 2.09. The van der Waals surface area contributed by atoms with Crippen LogP contribution in [0.25, 0.3) is 0 Å². The van der Waals surface area contributed by atoms with Crippen LogP contribution in [0.15, 0.2) is 18.2 Å². The van der Waals surface area contributed by atoms with Gasteiger partial charge in [-0.25, -0.2) is 0 Å². The molecule has 0 aliphatic rings. The number of methoxy groups -OCH3 is 2. The third-order valence-corrected chi connectivity index (χ3v) is 2.69. The third kappa shape index (κ3) is 5.70. The topological polar surface area (TPSA) is 79.9 Å². The summed E-state index contributed by atoms with van der Waals surface area (Å²) in [6.07, 6.45) is 0. The number of benzene rings is 1. The van der Waals surface area contributed by atoms with Crippen LogP contribution < -0.4 is 20.3 Å². The van der Waals surface area contributed by atoms with E-state index in [1.807, 2.05) is 30.1 Å². The Balaban J connectivity index is 2.56. The Labute approximate surface area is 124 Å². The lowest BCUT2D eigenvalue weighted by atomic mass is 10.2. The number of hydrogen-bond donors (Lipinski definition) is 2. The summed E-state index contributed by atoms with van der Waals surface area (Å²) in [5.74, 6) is 0.706. The lowest BCUT2D eigenvalue weighted by Crippen LogP contribution is -2.44. The van der Waals surface area contributed by atoms with Crippen molar-refractivity contribution in [3.63, 3.8) is 0 Å². The van der Waals surface area contributed by atoms with Crippen molar-refractivity contribution in [3.05, 3.63) is 23.8 Å². The molecule has 0 spiro atoms. The smallest absolute Gasteiger partial charge is 0.252 e. The highest BCUT2D eigenvalue weighted by atomic mass is 16.5. The zero-order chi connectivity index (χ0) is 15.8. The van der Waals surface area contributed by atoms with Crippen molar-refractivity contribution in [2.75, 3.05) is 27.8 Å². The van der Waals surface area contributed by atoms with E-state index in [1.165, 1.54) is 6.92 Å². The molecule has 7 nitrogen and oxygen atoms in total. The molecule has 7 heteroatoms. The molecule has 0 bridgehead atoms. The van der Waals surface area contributed by atoms with Crippen LogP contribution in [0.5, 0.6) is 11.5 Å². The van der Waals surface area contributed by atoms with Gasteiger partial charge in [-0.2, -0.15) is 0 Å². The number of hydrogen-bond acceptors (Lipinski definition) is 5. The number of likely N-dealkylation sites (N-methyl/N-ethyl adjacent to an activating group) is 1. The van der Waals surface area contributed by atoms with Gasteiger partial charge in [-0.05, 0) is 24.7 Å². The molecule has 1 aromatic carbocycles. The molecule has 0 aliphatic carbocycles. The number of ether oxygens (including phenoxy) is 2. The summed E-state index contributed by atoms with van der Waals surface area (Å²) >= 11 is 0. The molecule has 0 aliphatic heterocycles. The molecule has 0 unspecified atom stereocenters. The summed E-state index contributed by atoms with van der Waals surface area (Å²) in [5, 5.41) is 0. The third-order valence-electron chi connectivity index (χ3n) is 2.69. The maximum Gasteiger partial charge on any atom is 0.252 e. The average molecular weight is 295 g/mol. The van der Waals surface area contributed by atoms with Crippen molar-refractivity contribution < 1.29 is 19.1 Å². The average Bonchev–Trinajstić information content (AvgIpc) is 2.44. The lowest BCUT2D eigenvalue weighted by Gasteiger charge is -2.17. The van der Waals surface area contributed by atoms with Crippen LogP contribution in [0.2, 0.25) is 0 Å². The second kappa shape index (κ2) is 8.11. The molecule has 0 saturated carbocycles. The number of rotatable bonds is 6. The van der Waals surface area contributed by atoms with E-state index in [4.69, 9.17) is 9.47 Å². The predicted octanol–water partition coefficient (Wildman–Crippen LogP) is 0.303. The maximum atomic E-state index is 11.6. The summed E-state index contributed by atoms with van der Waals surface area (Å²) in [4.78, 5) is 24.1. The molecular formula is C14H21N3O4. The number of amides is 2. The zero-order valence-electron chi connectivity index (χ0n) is 12.7. The van der Waals surface area contributed by atoms with Crippen molar-refractivity contribution in [1.29, 1.82) is 0 Å². The summed E-state index contributed by atoms with van der Waals surface area (Å²) in [6.45, 7) is 2.05. The Kier molecular flexibility index (Phi) is 6.48. The van der Waals surface area contributed by atoms with Crippen molar-refractivity contribution >= 4 is 11.8 Å². The van der Waals surface area contributed by atoms with Gasteiger partial charge in [0, 0.05) is 13.5 Å². The summed E-state index contributed by atoms with van der Waals surface area (Å²) in [6, 6.07) is 5.59. The van der Waals surface area contributed by atoms with Crippen LogP contribution in [0.4, 0.5) is 0 Å². The number of nitrogens with zero attached hydrogens (tertiary/aromatic N) is 1. The Morgan fingerprint density at radius 2 is 1.81 bits per heavy atom. The number of hydrazine groups is 1. The van der Waals surface area contributed by atoms with E-state index in [1.54, 1.807) is 14.2 Å². The molecular weight excluding hydrogens is 274 g/mol. The van der Waals surface area contributed by atoms with E-state index in [0.717, 1.165) is 5.56 Å². The Morgan fingerprint density at radius 1 is 1.14 bits per heavy atom. The van der Waals surface area contributed by atoms with Gasteiger partial charge in [-0.1, -0.05) is 6.07 Å². The first-order chi connectivity index (χ1) is 9.96. The van der Waals surface area contributed by atoms with Gasteiger partial charge in [0.2, 0.25) is 5.91 Å². The molecule has 0 radical (unpaired) electrons. The fraction of sp³-hybridized carbons (Fsp3) is 0.429. The van der Waals surface area contributed by atoms with E-state index in [2.05, 4.69) is 10.9 Å². The second-order valence-electron chi connectivity index (χ2n) is 4.59. The molecule has 116 valence electrons. The first-order valence-corrected chi connectivity index (χ1v) is 6.41. The second-order valence-corrected chi connectivity index (χ2v) is 4.59. The van der Waals surface area contributed by atoms with Crippen LogP contribution in [0.3, 0.4) is 0 Å². The largest absolute Gasteiger partial charge is 0.493 e. The van der Waals surface area contributed by atoms with Crippen LogP contribution in [-0.2, 0) is 16.1 Å². The van der Waals surface area contributed by atoms with Crippen LogP contribution in [-0.4, -0.2) is 44.5 Å². The van der Waals surface area contributed by atoms with Crippen molar-refractivity contribution in [1.82, 2.24) is 15.8 Å². The Hall–Kier alpha value is -2.28. The van der Waals surface area contributed by atoms with Gasteiger partial charge in [-0.3, -0.25) is 25.3 Å². The highest BCUT2D eigenvalue weighted by molar-refractivity contribution is 5.81. The highest BCUT2D eigenvalue weighted by Crippen LogP contribution is 2.27. The van der Waals surface area contributed by atoms with Gasteiger partial charge >= 0.3 is 0 Å². The van der Waals surface area contributed by atoms with Crippen molar-refractivity contribution in [2.24, 2.45) is 0 Å². The van der Waals surface area contributed by atoms with Gasteiger partial charge in [0.05, 0.1) is 20.8 Å². The minimum atomic E-state index is -0.314. The Bertz CT molecular complexity index is 505. The molecule has 0 aromatic heterocycles. The van der Waals surface area contributed by atoms with E-state index in [-0.39, 0.29) is 18.4 Å². The van der Waals surface area contributed by atoms with Gasteiger partial charge < -0.3 is 9.47 Å². The molecule has 1 aromatic rings. The van der Waals surface area contributed by atoms with Crippen molar-refractivity contribution in [2.45, 2.75) is 13.5 Å². The van der Waals surface area contributed by atoms with Gasteiger partial charge in [0.1, 0.15) is 0 Å². The molecule has 0 heterocycles. The summed E-state index contributed by atoms with van der Waals surface area (Å²) in [5.41, 5.74) is 5.55. The van der Waals surface area contributed by atoms with Gasteiger partial charge in [0.15, 0.2) is 11.5 Å². The Morgan fingerprint density at radius 3 is 2.38 bits per heavy atom. The monoisotopic (exact) mass is 295 g/mol. The number of carbonyl (C=O) groups excluding carboxylic acids is 2. The van der Waals surface area contributed by atoms with Crippen molar-refractivity contribution in [3.8, 4) is 11.5 Å². The van der Waals surface area contributed by atoms with Crippen LogP contribution in [0, 0.1) is 0 Å². The molecule has 0 saturated heterocycles. The van der Waals surface area contributed by atoms with Crippen LogP contribution in [0.1, 0.15) is 12.5 Å². The van der Waals surface area contributed by atoms with E-state index < -0.39 is 0 Å². The van der Waals surface area contributed by atoms with E-state index >= 15 is 0 Å². The maximum absolute atomic E-state index is 11.6. The molecule has 2 N–H and O–H groups in total. The minimum Gasteiger partial charge on any atom is -0.493 e. The van der Waals surface area contributed by atoms with E-state index in [9.17, 15) is 9.59 Å². The molecule has 0 fully saturated rings. The first-order valence-electron chi connectivity index (χ1n) is 6.41. The van der Waals surface area contributed by atoms with Gasteiger partial charge in [-0.15, -0.1) is 0 Å². The molecule has 21 heavy (non-hydrogen) atoms. The standard InChI is InChI=1S/C14H21N3O4/c1-10(18)15-16-14(19)9-17(2)8-11-5-6-12(20-3)13(7-11)21-4/h5-7H,8-9H2,1-4H3,(H,15,18)(H,16,19). The lowest BCUT2D eigenvalue weighted by molar-refractivity contribution is -0.128. The molecule has 0 atom stereocenters. The minimum absolute atomic E-state index is 0.161. The number of nitrogens with one attached hydrogen (secondary N) is 2. The SMILES string of the molecule is COc1ccc(CN(C)CC(=O)NNC(C)=O)cc1OC. The first kappa shape index (κ1) is 16.8. The quantitative estimate of drug-likeness (QED) is 0.738. The fourth-order valence-corrected chi connectivity index (χ4v) is 1.79. The summed E-state index contributed by atoms with van der Waals surface area (Å²) in [7, 11) is 4.96. The van der Waals surface area contributed by atoms with E-state index in [0.29, 0.717) is 18.0 Å². The summed E-state index contributed by atoms with van der Waals surface area (Å²) < 4.78 is 10.4. The zero-order valence-corrected chi connectivity index (χ0v) is 12.7. The van der Waals surface area contributed by atoms with Crippen LogP contribution >= 0.6 is 0 Å². The van der Waals surface area contributed by atoms with Gasteiger partial charge in [0.25, 0.3) is 5.91 Å². The normalized spacial score (nSPS) is 10.1. The fourth-order valence-electron chi connectivity index (χ4n) is 1.79. The predicted molar refractivity (Wildman–Crippen MR) is 77.8 cm³/mol. The molecule has 1 rings (SSSR count). The molecule has 2 amide bonds. The number of carbonyl (C=O) groups is 2.